The zero-order chi connectivity index (χ0) is 15.4. The Morgan fingerprint density at radius 1 is 1.29 bits per heavy atom. The van der Waals surface area contributed by atoms with E-state index in [0.717, 1.165) is 43.7 Å². The van der Waals surface area contributed by atoms with Crippen molar-refractivity contribution in [2.75, 3.05) is 59.1 Å². The van der Waals surface area contributed by atoms with Crippen LogP contribution in [0, 0.1) is 0 Å². The first kappa shape index (κ1) is 16.3. The molecule has 0 spiro atoms. The number of carbonyl (C=O) groups is 1. The second-order valence-electron chi connectivity index (χ2n) is 5.67. The molecular weight excluding hydrogens is 332 g/mol. The van der Waals surface area contributed by atoms with Crippen molar-refractivity contribution in [3.8, 4) is 0 Å². The van der Waals surface area contributed by atoms with E-state index in [1.165, 1.54) is 0 Å². The Morgan fingerprint density at radius 3 is 2.52 bits per heavy atom. The van der Waals surface area contributed by atoms with Gasteiger partial charge in [0.15, 0.2) is 0 Å². The first-order valence-electron chi connectivity index (χ1n) is 7.19. The molecule has 1 amide bonds. The lowest BCUT2D eigenvalue weighted by Gasteiger charge is -2.35. The van der Waals surface area contributed by atoms with E-state index in [-0.39, 0.29) is 5.91 Å². The molecule has 21 heavy (non-hydrogen) atoms. The number of rotatable bonds is 4. The van der Waals surface area contributed by atoms with E-state index in [9.17, 15) is 4.79 Å². The van der Waals surface area contributed by atoms with E-state index in [1.54, 1.807) is 12.1 Å². The zero-order valence-corrected chi connectivity index (χ0v) is 14.3. The predicted octanol–water partition coefficient (Wildman–Crippen LogP) is 1.35. The van der Waals surface area contributed by atoms with Crippen LogP contribution in [0.3, 0.4) is 0 Å². The summed E-state index contributed by atoms with van der Waals surface area (Å²) < 4.78 is 0.894. The molecule has 0 radical (unpaired) electrons. The molecule has 1 fully saturated rings. The van der Waals surface area contributed by atoms with Crippen LogP contribution in [0.5, 0.6) is 0 Å². The van der Waals surface area contributed by atoms with Gasteiger partial charge in [0, 0.05) is 49.4 Å². The third-order valence-corrected chi connectivity index (χ3v) is 4.26. The molecule has 1 saturated heterocycles. The summed E-state index contributed by atoms with van der Waals surface area (Å²) in [6, 6.07) is 5.43. The van der Waals surface area contributed by atoms with Crippen LogP contribution in [0.15, 0.2) is 22.7 Å². The van der Waals surface area contributed by atoms with E-state index in [0.29, 0.717) is 11.3 Å². The van der Waals surface area contributed by atoms with Crippen LogP contribution in [0.2, 0.25) is 0 Å². The minimum atomic E-state index is 0.0345. The summed E-state index contributed by atoms with van der Waals surface area (Å²) in [6.45, 7) is 5.48. The SMILES string of the molecule is CN(C)CCN1CCN(C(=O)c2ccc(Br)cc2N)CC1. The molecule has 5 nitrogen and oxygen atoms in total. The number of piperazine rings is 1. The van der Waals surface area contributed by atoms with E-state index >= 15 is 0 Å². The average molecular weight is 355 g/mol. The van der Waals surface area contributed by atoms with Crippen LogP contribution in [0.4, 0.5) is 5.69 Å². The minimum Gasteiger partial charge on any atom is -0.398 e. The molecule has 2 rings (SSSR count). The summed E-state index contributed by atoms with van der Waals surface area (Å²) in [4.78, 5) is 19.0. The van der Waals surface area contributed by atoms with Gasteiger partial charge in [-0.1, -0.05) is 15.9 Å². The highest BCUT2D eigenvalue weighted by molar-refractivity contribution is 9.10. The molecule has 0 saturated carbocycles. The molecule has 0 aromatic heterocycles. The standard InChI is InChI=1S/C15H23BrN4O/c1-18(2)5-6-19-7-9-20(10-8-19)15(21)13-4-3-12(16)11-14(13)17/h3-4,11H,5-10,17H2,1-2H3. The highest BCUT2D eigenvalue weighted by Crippen LogP contribution is 2.20. The number of likely N-dealkylation sites (N-methyl/N-ethyl adjacent to an activating group) is 1. The number of amides is 1. The molecule has 2 N–H and O–H groups in total. The van der Waals surface area contributed by atoms with Gasteiger partial charge in [-0.3, -0.25) is 9.69 Å². The number of nitrogens with two attached hydrogens (primary N) is 1. The lowest BCUT2D eigenvalue weighted by molar-refractivity contribution is 0.0631. The fourth-order valence-corrected chi connectivity index (χ4v) is 2.79. The van der Waals surface area contributed by atoms with Gasteiger partial charge < -0.3 is 15.5 Å². The Morgan fingerprint density at radius 2 is 1.95 bits per heavy atom. The number of carbonyl (C=O) groups excluding carboxylic acids is 1. The minimum absolute atomic E-state index is 0.0345. The molecule has 1 aliphatic rings. The van der Waals surface area contributed by atoms with Gasteiger partial charge >= 0.3 is 0 Å². The normalized spacial score (nSPS) is 16.5. The van der Waals surface area contributed by atoms with Crippen LogP contribution in [0.25, 0.3) is 0 Å². The zero-order valence-electron chi connectivity index (χ0n) is 12.7. The summed E-state index contributed by atoms with van der Waals surface area (Å²) >= 11 is 3.36. The lowest BCUT2D eigenvalue weighted by Crippen LogP contribution is -2.50. The maximum atomic E-state index is 12.5. The number of benzene rings is 1. The van der Waals surface area contributed by atoms with Crippen molar-refractivity contribution in [3.05, 3.63) is 28.2 Å². The van der Waals surface area contributed by atoms with Crippen molar-refractivity contribution in [3.63, 3.8) is 0 Å². The van der Waals surface area contributed by atoms with Crippen molar-refractivity contribution >= 4 is 27.5 Å². The Balaban J connectivity index is 1.91. The van der Waals surface area contributed by atoms with Crippen molar-refractivity contribution < 1.29 is 4.79 Å². The van der Waals surface area contributed by atoms with Gasteiger partial charge in [0.1, 0.15) is 0 Å². The fraction of sp³-hybridized carbons (Fsp3) is 0.533. The molecule has 0 atom stereocenters. The summed E-state index contributed by atoms with van der Waals surface area (Å²) in [5, 5.41) is 0. The van der Waals surface area contributed by atoms with Gasteiger partial charge in [-0.25, -0.2) is 0 Å². The number of hydrogen-bond donors (Lipinski definition) is 1. The first-order valence-corrected chi connectivity index (χ1v) is 7.98. The van der Waals surface area contributed by atoms with Crippen molar-refractivity contribution in [2.24, 2.45) is 0 Å². The average Bonchev–Trinajstić information content (AvgIpc) is 2.45. The Bertz CT molecular complexity index is 498. The van der Waals surface area contributed by atoms with E-state index in [1.807, 2.05) is 11.0 Å². The van der Waals surface area contributed by atoms with Gasteiger partial charge in [-0.05, 0) is 32.3 Å². The van der Waals surface area contributed by atoms with E-state index < -0.39 is 0 Å². The van der Waals surface area contributed by atoms with Crippen LogP contribution < -0.4 is 5.73 Å². The third-order valence-electron chi connectivity index (χ3n) is 3.77. The number of hydrogen-bond acceptors (Lipinski definition) is 4. The maximum absolute atomic E-state index is 12.5. The Labute approximate surface area is 134 Å². The highest BCUT2D eigenvalue weighted by Gasteiger charge is 2.23. The fourth-order valence-electron chi connectivity index (χ4n) is 2.41. The number of halogens is 1. The molecule has 6 heteroatoms. The number of nitrogens with zero attached hydrogens (tertiary/aromatic N) is 3. The molecule has 0 aliphatic carbocycles. The van der Waals surface area contributed by atoms with Crippen LogP contribution in [-0.2, 0) is 0 Å². The van der Waals surface area contributed by atoms with Gasteiger partial charge in [0.2, 0.25) is 0 Å². The topological polar surface area (TPSA) is 52.8 Å². The summed E-state index contributed by atoms with van der Waals surface area (Å²) in [5.41, 5.74) is 7.07. The molecule has 0 bridgehead atoms. The largest absolute Gasteiger partial charge is 0.398 e. The lowest BCUT2D eigenvalue weighted by atomic mass is 10.1. The van der Waals surface area contributed by atoms with Gasteiger partial charge in [0.05, 0.1) is 5.56 Å². The monoisotopic (exact) mass is 354 g/mol. The Hall–Kier alpha value is -1.11. The van der Waals surface area contributed by atoms with Crippen molar-refractivity contribution in [1.29, 1.82) is 0 Å². The van der Waals surface area contributed by atoms with Gasteiger partial charge in [0.25, 0.3) is 5.91 Å². The summed E-state index contributed by atoms with van der Waals surface area (Å²) in [6.07, 6.45) is 0. The summed E-state index contributed by atoms with van der Waals surface area (Å²) in [7, 11) is 4.16. The van der Waals surface area contributed by atoms with E-state index in [4.69, 9.17) is 5.73 Å². The van der Waals surface area contributed by atoms with Gasteiger partial charge in [-0.2, -0.15) is 0 Å². The third kappa shape index (κ3) is 4.43. The molecule has 0 unspecified atom stereocenters. The van der Waals surface area contributed by atoms with Crippen LogP contribution in [-0.4, -0.2) is 74.0 Å². The Kier molecular flexibility index (Phi) is 5.61. The highest BCUT2D eigenvalue weighted by atomic mass is 79.9. The molecule has 1 aromatic rings. The molecule has 1 heterocycles. The molecule has 1 aliphatic heterocycles. The second-order valence-corrected chi connectivity index (χ2v) is 6.58. The van der Waals surface area contributed by atoms with Crippen molar-refractivity contribution in [1.82, 2.24) is 14.7 Å². The van der Waals surface area contributed by atoms with Crippen molar-refractivity contribution in [2.45, 2.75) is 0 Å². The van der Waals surface area contributed by atoms with Crippen LogP contribution >= 0.6 is 15.9 Å². The molecule has 116 valence electrons. The predicted molar refractivity (Wildman–Crippen MR) is 89.5 cm³/mol. The van der Waals surface area contributed by atoms with Crippen LogP contribution in [0.1, 0.15) is 10.4 Å². The maximum Gasteiger partial charge on any atom is 0.256 e. The summed E-state index contributed by atoms with van der Waals surface area (Å²) in [5.74, 6) is 0.0345. The number of anilines is 1. The number of nitrogen functional groups attached to an aromatic ring is 1. The van der Waals surface area contributed by atoms with E-state index in [2.05, 4.69) is 39.8 Å². The van der Waals surface area contributed by atoms with Gasteiger partial charge in [-0.15, -0.1) is 0 Å². The first-order chi connectivity index (χ1) is 9.97. The second kappa shape index (κ2) is 7.24. The molecular formula is C15H23BrN4O. The smallest absolute Gasteiger partial charge is 0.256 e. The molecule has 1 aromatic carbocycles. The quantitative estimate of drug-likeness (QED) is 0.829.